The third-order valence-electron chi connectivity index (χ3n) is 4.09. The van der Waals surface area contributed by atoms with E-state index in [1.807, 2.05) is 27.2 Å². The Bertz CT molecular complexity index is 758. The zero-order valence-corrected chi connectivity index (χ0v) is 13.9. The van der Waals surface area contributed by atoms with E-state index in [9.17, 15) is 0 Å². The van der Waals surface area contributed by atoms with E-state index in [-0.39, 0.29) is 0 Å². The maximum Gasteiger partial charge on any atom is 0.163 e. The van der Waals surface area contributed by atoms with Crippen molar-refractivity contribution in [3.8, 4) is 11.4 Å². The molecule has 0 radical (unpaired) electrons. The Morgan fingerprint density at radius 2 is 1.57 bits per heavy atom. The second-order valence-electron chi connectivity index (χ2n) is 5.93. The molecule has 0 fully saturated rings. The molecule has 0 saturated carbocycles. The van der Waals surface area contributed by atoms with Crippen molar-refractivity contribution in [2.24, 2.45) is 7.05 Å². The number of hydrogen-bond acceptors (Lipinski definition) is 3. The van der Waals surface area contributed by atoms with Crippen LogP contribution < -0.4 is 4.90 Å². The molecule has 0 N–H and O–H groups in total. The molecule has 2 aromatic carbocycles. The Morgan fingerprint density at radius 3 is 2.22 bits per heavy atom. The van der Waals surface area contributed by atoms with Crippen LogP contribution in [0, 0.1) is 0 Å². The van der Waals surface area contributed by atoms with E-state index in [1.165, 1.54) is 11.3 Å². The van der Waals surface area contributed by atoms with Crippen molar-refractivity contribution < 1.29 is 0 Å². The maximum atomic E-state index is 4.37. The highest BCUT2D eigenvalue weighted by Gasteiger charge is 2.11. The van der Waals surface area contributed by atoms with Crippen LogP contribution in [0.3, 0.4) is 0 Å². The van der Waals surface area contributed by atoms with Crippen molar-refractivity contribution >= 4 is 5.69 Å². The summed E-state index contributed by atoms with van der Waals surface area (Å²) in [5.74, 6) is 1.93. The minimum Gasteiger partial charge on any atom is -0.378 e. The molecule has 4 heteroatoms. The van der Waals surface area contributed by atoms with Gasteiger partial charge in [-0.1, -0.05) is 30.3 Å². The van der Waals surface area contributed by atoms with Gasteiger partial charge in [-0.3, -0.25) is 0 Å². The average Bonchev–Trinajstić information content (AvgIpc) is 2.95. The van der Waals surface area contributed by atoms with Crippen LogP contribution in [0.25, 0.3) is 11.4 Å². The molecule has 1 aromatic heterocycles. The highest BCUT2D eigenvalue weighted by molar-refractivity contribution is 5.60. The Hall–Kier alpha value is -2.62. The lowest BCUT2D eigenvalue weighted by Gasteiger charge is -2.12. The molecule has 0 amide bonds. The lowest BCUT2D eigenvalue weighted by atomic mass is 10.1. The number of aryl methyl sites for hydroxylation is 2. The van der Waals surface area contributed by atoms with Crippen molar-refractivity contribution in [1.82, 2.24) is 14.8 Å². The van der Waals surface area contributed by atoms with Crippen LogP contribution in [-0.4, -0.2) is 28.9 Å². The van der Waals surface area contributed by atoms with Crippen LogP contribution in [0.15, 0.2) is 54.6 Å². The Kier molecular flexibility index (Phi) is 4.42. The molecule has 0 spiro atoms. The summed E-state index contributed by atoms with van der Waals surface area (Å²) in [5, 5.41) is 8.74. The smallest absolute Gasteiger partial charge is 0.163 e. The molecule has 0 atom stereocenters. The first-order valence-electron chi connectivity index (χ1n) is 7.85. The monoisotopic (exact) mass is 306 g/mol. The Morgan fingerprint density at radius 1 is 0.870 bits per heavy atom. The predicted octanol–water partition coefficient (Wildman–Crippen LogP) is 3.33. The molecule has 0 saturated heterocycles. The normalized spacial score (nSPS) is 10.7. The quantitative estimate of drug-likeness (QED) is 0.725. The fourth-order valence-corrected chi connectivity index (χ4v) is 2.64. The fraction of sp³-hybridized carbons (Fsp3) is 0.263. The number of nitrogens with zero attached hydrogens (tertiary/aromatic N) is 4. The molecule has 118 valence electrons. The van der Waals surface area contributed by atoms with Gasteiger partial charge < -0.3 is 9.47 Å². The first kappa shape index (κ1) is 15.3. The van der Waals surface area contributed by atoms with Gasteiger partial charge in [0.25, 0.3) is 0 Å². The first-order chi connectivity index (χ1) is 11.1. The molecule has 0 aliphatic carbocycles. The van der Waals surface area contributed by atoms with Crippen LogP contribution in [0.2, 0.25) is 0 Å². The van der Waals surface area contributed by atoms with Crippen LogP contribution in [0.1, 0.15) is 11.4 Å². The van der Waals surface area contributed by atoms with Crippen LogP contribution in [0.5, 0.6) is 0 Å². The van der Waals surface area contributed by atoms with E-state index in [4.69, 9.17) is 0 Å². The van der Waals surface area contributed by atoms with E-state index < -0.39 is 0 Å². The molecule has 0 aliphatic heterocycles. The minimum atomic E-state index is 0.892. The molecule has 23 heavy (non-hydrogen) atoms. The van der Waals surface area contributed by atoms with Crippen LogP contribution in [-0.2, 0) is 19.9 Å². The standard InChI is InChI=1S/C19H22N4/c1-22(2)17-12-10-16(11-13-17)19-21-20-18(23(19)3)14-9-15-7-5-4-6-8-15/h4-8,10-13H,9,14H2,1-3H3. The zero-order valence-electron chi connectivity index (χ0n) is 13.9. The van der Waals surface area contributed by atoms with E-state index in [1.54, 1.807) is 0 Å². The summed E-state index contributed by atoms with van der Waals surface area (Å²) in [6.45, 7) is 0. The second-order valence-corrected chi connectivity index (χ2v) is 5.93. The van der Waals surface area contributed by atoms with Gasteiger partial charge >= 0.3 is 0 Å². The second kappa shape index (κ2) is 6.65. The summed E-state index contributed by atoms with van der Waals surface area (Å²) in [4.78, 5) is 2.09. The SMILES string of the molecule is CN(C)c1ccc(-c2nnc(CCc3ccccc3)n2C)cc1. The number of aromatic nitrogens is 3. The number of hydrogen-bond donors (Lipinski definition) is 0. The van der Waals surface area contributed by atoms with Crippen molar-refractivity contribution in [2.75, 3.05) is 19.0 Å². The van der Waals surface area contributed by atoms with Crippen LogP contribution in [0.4, 0.5) is 5.69 Å². The fourth-order valence-electron chi connectivity index (χ4n) is 2.64. The Balaban J connectivity index is 1.76. The van der Waals surface area contributed by atoms with Gasteiger partial charge in [0, 0.05) is 38.8 Å². The maximum absolute atomic E-state index is 4.37. The molecule has 0 bridgehead atoms. The van der Waals surface area contributed by atoms with Crippen LogP contribution >= 0.6 is 0 Å². The minimum absolute atomic E-state index is 0.892. The third kappa shape index (κ3) is 3.42. The summed E-state index contributed by atoms with van der Waals surface area (Å²) in [5.41, 5.74) is 3.60. The van der Waals surface area contributed by atoms with E-state index in [0.29, 0.717) is 0 Å². The topological polar surface area (TPSA) is 34.0 Å². The van der Waals surface area contributed by atoms with Gasteiger partial charge in [0.05, 0.1) is 0 Å². The number of anilines is 1. The molecule has 1 heterocycles. The molecule has 4 nitrogen and oxygen atoms in total. The van der Waals surface area contributed by atoms with Crippen molar-refractivity contribution in [1.29, 1.82) is 0 Å². The zero-order chi connectivity index (χ0) is 16.2. The van der Waals surface area contributed by atoms with Gasteiger partial charge in [0.15, 0.2) is 5.82 Å². The van der Waals surface area contributed by atoms with E-state index in [2.05, 4.69) is 68.2 Å². The van der Waals surface area contributed by atoms with E-state index in [0.717, 1.165) is 30.1 Å². The molecular weight excluding hydrogens is 284 g/mol. The van der Waals surface area contributed by atoms with Gasteiger partial charge in [-0.15, -0.1) is 10.2 Å². The predicted molar refractivity (Wildman–Crippen MR) is 94.6 cm³/mol. The molecular formula is C19H22N4. The van der Waals surface area contributed by atoms with Gasteiger partial charge in [0.2, 0.25) is 0 Å². The molecule has 3 aromatic rings. The summed E-state index contributed by atoms with van der Waals surface area (Å²) < 4.78 is 2.09. The summed E-state index contributed by atoms with van der Waals surface area (Å²) >= 11 is 0. The van der Waals surface area contributed by atoms with Crippen molar-refractivity contribution in [3.05, 3.63) is 66.0 Å². The van der Waals surface area contributed by atoms with Gasteiger partial charge in [-0.05, 0) is 36.2 Å². The lowest BCUT2D eigenvalue weighted by Crippen LogP contribution is -2.08. The number of benzene rings is 2. The summed E-state index contributed by atoms with van der Waals surface area (Å²) in [6.07, 6.45) is 1.87. The summed E-state index contributed by atoms with van der Waals surface area (Å²) in [6, 6.07) is 18.9. The third-order valence-corrected chi connectivity index (χ3v) is 4.09. The average molecular weight is 306 g/mol. The van der Waals surface area contributed by atoms with Gasteiger partial charge in [0.1, 0.15) is 5.82 Å². The van der Waals surface area contributed by atoms with Crippen molar-refractivity contribution in [2.45, 2.75) is 12.8 Å². The van der Waals surface area contributed by atoms with Gasteiger partial charge in [-0.25, -0.2) is 0 Å². The first-order valence-corrected chi connectivity index (χ1v) is 7.85. The molecule has 3 rings (SSSR count). The van der Waals surface area contributed by atoms with Crippen molar-refractivity contribution in [3.63, 3.8) is 0 Å². The highest BCUT2D eigenvalue weighted by Crippen LogP contribution is 2.21. The lowest BCUT2D eigenvalue weighted by molar-refractivity contribution is 0.773. The molecule has 0 unspecified atom stereocenters. The number of rotatable bonds is 5. The largest absolute Gasteiger partial charge is 0.378 e. The van der Waals surface area contributed by atoms with E-state index >= 15 is 0 Å². The summed E-state index contributed by atoms with van der Waals surface area (Å²) in [7, 11) is 6.12. The Labute approximate surface area is 137 Å². The highest BCUT2D eigenvalue weighted by atomic mass is 15.3. The molecule has 0 aliphatic rings. The van der Waals surface area contributed by atoms with Gasteiger partial charge in [-0.2, -0.15) is 0 Å².